The average molecular weight is 287 g/mol. The lowest BCUT2D eigenvalue weighted by Gasteiger charge is -2.34. The van der Waals surface area contributed by atoms with Gasteiger partial charge in [0.2, 0.25) is 0 Å². The molecule has 0 saturated heterocycles. The summed E-state index contributed by atoms with van der Waals surface area (Å²) < 4.78 is 0. The molecule has 2 N–H and O–H groups in total. The number of aromatic nitrogens is 1. The lowest BCUT2D eigenvalue weighted by atomic mass is 9.96. The molecule has 1 atom stereocenters. The Kier molecular flexibility index (Phi) is 3.54. The Balaban J connectivity index is 1.98. The summed E-state index contributed by atoms with van der Waals surface area (Å²) >= 11 is 1.44. The Bertz CT molecular complexity index is 638. The van der Waals surface area contributed by atoms with Gasteiger partial charge in [0.15, 0.2) is 0 Å². The monoisotopic (exact) mass is 287 g/mol. The smallest absolute Gasteiger partial charge is 0.278 e. The maximum atomic E-state index is 12.7. The molecule has 1 aliphatic heterocycles. The molecule has 0 fully saturated rings. The molecule has 2 aromatic rings. The second kappa shape index (κ2) is 5.34. The Morgan fingerprint density at radius 1 is 1.50 bits per heavy atom. The van der Waals surface area contributed by atoms with Crippen LogP contribution in [-0.2, 0) is 13.0 Å². The highest BCUT2D eigenvalue weighted by Crippen LogP contribution is 2.31. The lowest BCUT2D eigenvalue weighted by molar-refractivity contribution is 0.0971. The van der Waals surface area contributed by atoms with Gasteiger partial charge in [-0.1, -0.05) is 18.2 Å². The molecular weight excluding hydrogens is 270 g/mol. The van der Waals surface area contributed by atoms with Gasteiger partial charge in [-0.15, -0.1) is 11.3 Å². The van der Waals surface area contributed by atoms with Crippen molar-refractivity contribution in [1.82, 2.24) is 4.98 Å². The molecule has 104 valence electrons. The summed E-state index contributed by atoms with van der Waals surface area (Å²) in [5.74, 6) is -0.0272. The van der Waals surface area contributed by atoms with E-state index in [2.05, 4.69) is 18.0 Å². The van der Waals surface area contributed by atoms with Crippen molar-refractivity contribution in [3.05, 3.63) is 45.9 Å². The van der Waals surface area contributed by atoms with Crippen molar-refractivity contribution in [3.63, 3.8) is 0 Å². The van der Waals surface area contributed by atoms with Crippen LogP contribution in [0.3, 0.4) is 0 Å². The summed E-state index contributed by atoms with van der Waals surface area (Å²) in [7, 11) is 0. The van der Waals surface area contributed by atoms with E-state index in [4.69, 9.17) is 5.73 Å². The van der Waals surface area contributed by atoms with E-state index in [-0.39, 0.29) is 11.9 Å². The topological polar surface area (TPSA) is 59.2 Å². The molecular formula is C15H17N3OS. The number of benzene rings is 1. The van der Waals surface area contributed by atoms with Crippen LogP contribution in [0.5, 0.6) is 0 Å². The van der Waals surface area contributed by atoms with Crippen molar-refractivity contribution < 1.29 is 4.79 Å². The zero-order valence-corrected chi connectivity index (χ0v) is 12.2. The zero-order valence-electron chi connectivity index (χ0n) is 11.4. The predicted octanol–water partition coefficient (Wildman–Crippen LogP) is 2.58. The third kappa shape index (κ3) is 2.23. The van der Waals surface area contributed by atoms with Gasteiger partial charge < -0.3 is 10.6 Å². The van der Waals surface area contributed by atoms with E-state index in [1.807, 2.05) is 23.1 Å². The molecule has 1 unspecified atom stereocenters. The highest BCUT2D eigenvalue weighted by molar-refractivity contribution is 7.09. The predicted molar refractivity (Wildman–Crippen MR) is 81.0 cm³/mol. The first-order valence-electron chi connectivity index (χ1n) is 6.76. The Morgan fingerprint density at radius 3 is 3.05 bits per heavy atom. The summed E-state index contributed by atoms with van der Waals surface area (Å²) in [6.45, 7) is 2.47. The van der Waals surface area contributed by atoms with Crippen LogP contribution in [0.1, 0.15) is 34.4 Å². The molecule has 1 amide bonds. The molecule has 0 saturated carbocycles. The number of para-hydroxylation sites is 1. The van der Waals surface area contributed by atoms with Crippen LogP contribution in [0.2, 0.25) is 0 Å². The van der Waals surface area contributed by atoms with Crippen molar-refractivity contribution >= 4 is 22.9 Å². The van der Waals surface area contributed by atoms with E-state index in [0.29, 0.717) is 12.2 Å². The third-order valence-electron chi connectivity index (χ3n) is 3.69. The molecule has 2 heterocycles. The third-order valence-corrected chi connectivity index (χ3v) is 4.56. The first-order chi connectivity index (χ1) is 9.70. The minimum Gasteiger partial charge on any atom is -0.325 e. The minimum absolute atomic E-state index is 0.0272. The molecule has 1 aromatic heterocycles. The highest BCUT2D eigenvalue weighted by atomic mass is 32.1. The zero-order chi connectivity index (χ0) is 14.1. The van der Waals surface area contributed by atoms with E-state index >= 15 is 0 Å². The Hall–Kier alpha value is -1.72. The number of aryl methyl sites for hydroxylation is 1. The number of nitrogens with zero attached hydrogens (tertiary/aromatic N) is 2. The van der Waals surface area contributed by atoms with Gasteiger partial charge in [-0.05, 0) is 31.4 Å². The van der Waals surface area contributed by atoms with Crippen LogP contribution in [0.25, 0.3) is 0 Å². The number of anilines is 1. The Morgan fingerprint density at radius 2 is 2.30 bits per heavy atom. The van der Waals surface area contributed by atoms with E-state index in [1.54, 1.807) is 5.38 Å². The molecule has 20 heavy (non-hydrogen) atoms. The fourth-order valence-corrected chi connectivity index (χ4v) is 3.27. The number of thiazole rings is 1. The van der Waals surface area contributed by atoms with E-state index in [0.717, 1.165) is 23.5 Å². The van der Waals surface area contributed by atoms with Crippen LogP contribution >= 0.6 is 11.3 Å². The first-order valence-corrected chi connectivity index (χ1v) is 7.64. The average Bonchev–Trinajstić information content (AvgIpc) is 2.95. The number of nitrogens with two attached hydrogens (primary N) is 1. The number of rotatable bonds is 2. The van der Waals surface area contributed by atoms with Crippen molar-refractivity contribution in [2.45, 2.75) is 32.4 Å². The summed E-state index contributed by atoms with van der Waals surface area (Å²) in [4.78, 5) is 18.9. The van der Waals surface area contributed by atoms with Gasteiger partial charge in [0.25, 0.3) is 5.91 Å². The number of amides is 1. The highest BCUT2D eigenvalue weighted by Gasteiger charge is 2.29. The molecule has 1 aromatic carbocycles. The number of hydrogen-bond donors (Lipinski definition) is 1. The van der Waals surface area contributed by atoms with Crippen molar-refractivity contribution in [2.24, 2.45) is 5.73 Å². The standard InChI is InChI=1S/C15H17N3OS/c1-10-6-7-11-4-2-3-5-13(11)18(10)15(19)12-9-20-14(8-16)17-12/h2-5,9-10H,6-8,16H2,1H3. The summed E-state index contributed by atoms with van der Waals surface area (Å²) in [6, 6.07) is 8.30. The van der Waals surface area contributed by atoms with Crippen molar-refractivity contribution in [3.8, 4) is 0 Å². The number of hydrogen-bond acceptors (Lipinski definition) is 4. The van der Waals surface area contributed by atoms with Gasteiger partial charge in [0.1, 0.15) is 10.7 Å². The Labute approximate surface area is 122 Å². The summed E-state index contributed by atoms with van der Waals surface area (Å²) in [5, 5.41) is 2.60. The molecule has 4 nitrogen and oxygen atoms in total. The van der Waals surface area contributed by atoms with Crippen LogP contribution in [0.4, 0.5) is 5.69 Å². The van der Waals surface area contributed by atoms with Crippen molar-refractivity contribution in [2.75, 3.05) is 4.90 Å². The van der Waals surface area contributed by atoms with E-state index in [1.165, 1.54) is 16.9 Å². The van der Waals surface area contributed by atoms with Gasteiger partial charge >= 0.3 is 0 Å². The van der Waals surface area contributed by atoms with E-state index in [9.17, 15) is 4.79 Å². The number of fused-ring (bicyclic) bond motifs is 1. The number of carbonyl (C=O) groups is 1. The lowest BCUT2D eigenvalue weighted by Crippen LogP contribution is -2.42. The van der Waals surface area contributed by atoms with Crippen LogP contribution in [-0.4, -0.2) is 16.9 Å². The fraction of sp³-hybridized carbons (Fsp3) is 0.333. The molecule has 1 aliphatic rings. The van der Waals surface area contributed by atoms with Crippen molar-refractivity contribution in [1.29, 1.82) is 0 Å². The first kappa shape index (κ1) is 13.3. The molecule has 3 rings (SSSR count). The molecule has 0 spiro atoms. The normalized spacial score (nSPS) is 17.9. The molecule has 0 bridgehead atoms. The van der Waals surface area contributed by atoms with E-state index < -0.39 is 0 Å². The maximum absolute atomic E-state index is 12.7. The van der Waals surface area contributed by atoms with Gasteiger partial charge in [-0.25, -0.2) is 4.98 Å². The van der Waals surface area contributed by atoms with Gasteiger partial charge in [0.05, 0.1) is 0 Å². The van der Waals surface area contributed by atoms with Crippen LogP contribution < -0.4 is 10.6 Å². The summed E-state index contributed by atoms with van der Waals surface area (Å²) in [5.41, 5.74) is 8.31. The second-order valence-corrected chi connectivity index (χ2v) is 5.96. The van der Waals surface area contributed by atoms with Gasteiger partial charge in [-0.2, -0.15) is 0 Å². The minimum atomic E-state index is -0.0272. The van der Waals surface area contributed by atoms with Crippen LogP contribution in [0, 0.1) is 0 Å². The van der Waals surface area contributed by atoms with Gasteiger partial charge in [-0.3, -0.25) is 4.79 Å². The maximum Gasteiger partial charge on any atom is 0.278 e. The quantitative estimate of drug-likeness (QED) is 0.923. The summed E-state index contributed by atoms with van der Waals surface area (Å²) in [6.07, 6.45) is 2.00. The fourth-order valence-electron chi connectivity index (χ4n) is 2.62. The molecule has 0 aliphatic carbocycles. The van der Waals surface area contributed by atoms with Gasteiger partial charge in [0, 0.05) is 23.7 Å². The van der Waals surface area contributed by atoms with Crippen LogP contribution in [0.15, 0.2) is 29.6 Å². The second-order valence-electron chi connectivity index (χ2n) is 5.02. The SMILES string of the molecule is CC1CCc2ccccc2N1C(=O)c1csc(CN)n1. The molecule has 0 radical (unpaired) electrons. The largest absolute Gasteiger partial charge is 0.325 e. The molecule has 5 heteroatoms. The number of carbonyl (C=O) groups excluding carboxylic acids is 1.